The molecule has 0 saturated carbocycles. The number of hydrogen-bond acceptors (Lipinski definition) is 0. The lowest BCUT2D eigenvalue weighted by molar-refractivity contribution is -0.890. The minimum absolute atomic E-state index is 0. The molecule has 0 aromatic heterocycles. The van der Waals surface area contributed by atoms with Gasteiger partial charge in [0.2, 0.25) is 0 Å². The van der Waals surface area contributed by atoms with Crippen molar-refractivity contribution < 1.29 is 21.5 Å². The Balaban J connectivity index is 0. The lowest BCUT2D eigenvalue weighted by atomic mass is 10.1. The van der Waals surface area contributed by atoms with Gasteiger partial charge in [0.1, 0.15) is 0 Å². The molecule has 0 aliphatic carbocycles. The van der Waals surface area contributed by atoms with Crippen LogP contribution in [0.25, 0.3) is 0 Å². The van der Waals surface area contributed by atoms with Crippen LogP contribution >= 0.6 is 15.9 Å². The van der Waals surface area contributed by atoms with Crippen LogP contribution in [-0.4, -0.2) is 37.0 Å². The van der Waals surface area contributed by atoms with Gasteiger partial charge in [-0.25, -0.2) is 0 Å². The zero-order valence-electron chi connectivity index (χ0n) is 15.5. The van der Waals surface area contributed by atoms with Gasteiger partial charge >= 0.3 is 0 Å². The maximum atomic E-state index is 3.51. The molecule has 0 heterocycles. The van der Waals surface area contributed by atoms with E-state index in [0.29, 0.717) is 0 Å². The van der Waals surface area contributed by atoms with Crippen molar-refractivity contribution in [2.45, 2.75) is 90.4 Å². The third-order valence-electron chi connectivity index (χ3n) is 4.51. The van der Waals surface area contributed by atoms with Gasteiger partial charge in [0.05, 0.1) is 27.2 Å². The molecule has 0 spiro atoms. The number of alkyl halides is 1. The average Bonchev–Trinajstić information content (AvgIpc) is 2.45. The summed E-state index contributed by atoms with van der Waals surface area (Å²) in [5, 5.41) is 1.17. The van der Waals surface area contributed by atoms with E-state index >= 15 is 0 Å². The van der Waals surface area contributed by atoms with E-state index < -0.39 is 0 Å². The first kappa shape index (κ1) is 25.2. The predicted octanol–water partition coefficient (Wildman–Crippen LogP) is 3.55. The highest BCUT2D eigenvalue weighted by Crippen LogP contribution is 2.12. The molecule has 0 amide bonds. The summed E-state index contributed by atoms with van der Waals surface area (Å²) in [6.45, 7) is 5.01. The molecule has 0 N–H and O–H groups in total. The van der Waals surface area contributed by atoms with E-state index in [1.807, 2.05) is 0 Å². The Kier molecular flexibility index (Phi) is 20.9. The Morgan fingerprint density at radius 2 is 0.955 bits per heavy atom. The van der Waals surface area contributed by atoms with Crippen LogP contribution in [0.4, 0.5) is 0 Å². The Hall–Kier alpha value is 0.920. The average molecular weight is 443 g/mol. The molecule has 1 nitrogen and oxygen atoms in total. The van der Waals surface area contributed by atoms with Crippen LogP contribution in [0, 0.1) is 0 Å². The second-order valence-corrected chi connectivity index (χ2v) is 8.11. The van der Waals surface area contributed by atoms with Crippen LogP contribution in [0.5, 0.6) is 0 Å². The molecule has 0 saturated heterocycles. The quantitative estimate of drug-likeness (QED) is 0.195. The summed E-state index contributed by atoms with van der Waals surface area (Å²) < 4.78 is 1.22. The van der Waals surface area contributed by atoms with Crippen molar-refractivity contribution in [3.63, 3.8) is 0 Å². The predicted molar refractivity (Wildman–Crippen MR) is 101 cm³/mol. The molecule has 3 heteroatoms. The van der Waals surface area contributed by atoms with Crippen LogP contribution in [0.15, 0.2) is 0 Å². The number of nitrogens with zero attached hydrogens (tertiary/aromatic N) is 1. The summed E-state index contributed by atoms with van der Waals surface area (Å²) in [6, 6.07) is 0. The van der Waals surface area contributed by atoms with E-state index in [4.69, 9.17) is 0 Å². The summed E-state index contributed by atoms with van der Waals surface area (Å²) >= 11 is 3.51. The fourth-order valence-corrected chi connectivity index (χ4v) is 3.35. The molecule has 0 radical (unpaired) electrons. The van der Waals surface area contributed by atoms with Crippen molar-refractivity contribution in [3.05, 3.63) is 0 Å². The van der Waals surface area contributed by atoms with Gasteiger partial charge < -0.3 is 21.5 Å². The normalized spacial score (nSPS) is 11.5. The summed E-state index contributed by atoms with van der Waals surface area (Å²) in [7, 11) is 4.81. The summed E-state index contributed by atoms with van der Waals surface area (Å²) in [4.78, 5) is 0. The minimum atomic E-state index is 0. The highest BCUT2D eigenvalue weighted by molar-refractivity contribution is 9.09. The van der Waals surface area contributed by atoms with Gasteiger partial charge in [-0.1, -0.05) is 74.2 Å². The van der Waals surface area contributed by atoms with Crippen LogP contribution in [0.1, 0.15) is 90.4 Å². The number of halogens is 2. The molecule has 0 rings (SSSR count). The maximum Gasteiger partial charge on any atom is 0.0782 e. The molecule has 0 aromatic rings. The van der Waals surface area contributed by atoms with E-state index in [9.17, 15) is 0 Å². The first-order valence-corrected chi connectivity index (χ1v) is 10.6. The third kappa shape index (κ3) is 19.0. The summed E-state index contributed by atoms with van der Waals surface area (Å²) in [6.07, 6.45) is 18.5. The zero-order valence-corrected chi connectivity index (χ0v) is 18.7. The van der Waals surface area contributed by atoms with Crippen LogP contribution < -0.4 is 17.0 Å². The Morgan fingerprint density at radius 3 is 1.36 bits per heavy atom. The van der Waals surface area contributed by atoms with Crippen molar-refractivity contribution >= 4 is 15.9 Å². The molecular weight excluding hydrogens is 402 g/mol. The maximum absolute atomic E-state index is 3.51. The fourth-order valence-electron chi connectivity index (χ4n) is 2.95. The third-order valence-corrected chi connectivity index (χ3v) is 5.07. The Labute approximate surface area is 160 Å². The topological polar surface area (TPSA) is 0 Å². The van der Waals surface area contributed by atoms with Crippen LogP contribution in [-0.2, 0) is 0 Å². The largest absolute Gasteiger partial charge is 1.00 e. The van der Waals surface area contributed by atoms with Gasteiger partial charge in [0.15, 0.2) is 0 Å². The van der Waals surface area contributed by atoms with Crippen molar-refractivity contribution in [1.29, 1.82) is 0 Å². The number of quaternary nitrogens is 1. The van der Waals surface area contributed by atoms with Crippen molar-refractivity contribution in [3.8, 4) is 0 Å². The highest BCUT2D eigenvalue weighted by atomic mass is 79.9. The van der Waals surface area contributed by atoms with E-state index in [1.165, 1.54) is 106 Å². The summed E-state index contributed by atoms with van der Waals surface area (Å²) in [5.41, 5.74) is 0. The van der Waals surface area contributed by atoms with Gasteiger partial charge in [-0.15, -0.1) is 0 Å². The van der Waals surface area contributed by atoms with E-state index in [2.05, 4.69) is 36.9 Å². The Morgan fingerprint density at radius 1 is 0.591 bits per heavy atom. The minimum Gasteiger partial charge on any atom is -1.00 e. The fraction of sp³-hybridized carbons (Fsp3) is 1.00. The van der Waals surface area contributed by atoms with Crippen molar-refractivity contribution in [2.75, 3.05) is 32.5 Å². The molecule has 0 bridgehead atoms. The van der Waals surface area contributed by atoms with E-state index in [1.54, 1.807) is 0 Å². The first-order valence-electron chi connectivity index (χ1n) is 9.50. The van der Waals surface area contributed by atoms with Gasteiger partial charge in [0.25, 0.3) is 0 Å². The van der Waals surface area contributed by atoms with Gasteiger partial charge in [0, 0.05) is 5.33 Å². The molecule has 0 fully saturated rings. The number of rotatable bonds is 16. The van der Waals surface area contributed by atoms with Crippen molar-refractivity contribution in [2.24, 2.45) is 0 Å². The standard InChI is InChI=1S/C19H41BrN.BrH/c1-4-5-6-7-8-9-10-11-12-15-18-21(2,3)19-16-13-14-17-20;/h4-19H2,1-3H3;1H/q+1;/p-1. The van der Waals surface area contributed by atoms with Crippen LogP contribution in [0.3, 0.4) is 0 Å². The summed E-state index contributed by atoms with van der Waals surface area (Å²) in [5.74, 6) is 0. The number of hydrogen-bond donors (Lipinski definition) is 0. The zero-order chi connectivity index (χ0) is 15.8. The molecular formula is C19H41Br2N. The first-order chi connectivity index (χ1) is 10.1. The van der Waals surface area contributed by atoms with Gasteiger partial charge in [-0.05, 0) is 32.1 Å². The molecule has 0 aliphatic rings. The van der Waals surface area contributed by atoms with E-state index in [0.717, 1.165) is 0 Å². The van der Waals surface area contributed by atoms with Crippen LogP contribution in [0.2, 0.25) is 0 Å². The second-order valence-electron chi connectivity index (χ2n) is 7.31. The lowest BCUT2D eigenvalue weighted by Gasteiger charge is -2.30. The smallest absolute Gasteiger partial charge is 0.0782 e. The number of unbranched alkanes of at least 4 members (excludes halogenated alkanes) is 11. The van der Waals surface area contributed by atoms with Crippen molar-refractivity contribution in [1.82, 2.24) is 0 Å². The van der Waals surface area contributed by atoms with E-state index in [-0.39, 0.29) is 17.0 Å². The molecule has 0 aromatic carbocycles. The Bertz CT molecular complexity index is 208. The SMILES string of the molecule is CCCCCCCCCCCC[N+](C)(C)CCCCCBr.[Br-]. The monoisotopic (exact) mass is 441 g/mol. The van der Waals surface area contributed by atoms with Gasteiger partial charge in [-0.3, -0.25) is 0 Å². The highest BCUT2D eigenvalue weighted by Gasteiger charge is 2.13. The second kappa shape index (κ2) is 18.3. The molecule has 0 aliphatic heterocycles. The molecule has 0 atom stereocenters. The van der Waals surface area contributed by atoms with Gasteiger partial charge in [-0.2, -0.15) is 0 Å². The molecule has 136 valence electrons. The molecule has 22 heavy (non-hydrogen) atoms. The molecule has 0 unspecified atom stereocenters. The lowest BCUT2D eigenvalue weighted by Crippen LogP contribution is -3.00.